The van der Waals surface area contributed by atoms with Crippen molar-refractivity contribution in [2.45, 2.75) is 25.8 Å². The number of rotatable bonds is 5. The second-order valence-electron chi connectivity index (χ2n) is 4.10. The minimum absolute atomic E-state index is 0.137. The van der Waals surface area contributed by atoms with Crippen LogP contribution in [0.5, 0.6) is 0 Å². The van der Waals surface area contributed by atoms with Crippen molar-refractivity contribution in [2.75, 3.05) is 0 Å². The van der Waals surface area contributed by atoms with E-state index in [1.807, 2.05) is 22.9 Å². The molecule has 1 aromatic carbocycles. The molecule has 0 saturated carbocycles. The van der Waals surface area contributed by atoms with E-state index >= 15 is 0 Å². The predicted octanol–water partition coefficient (Wildman–Crippen LogP) is 3.24. The van der Waals surface area contributed by atoms with Crippen LogP contribution in [-0.2, 0) is 6.54 Å². The van der Waals surface area contributed by atoms with E-state index in [9.17, 15) is 10.1 Å². The zero-order valence-corrected chi connectivity index (χ0v) is 9.87. The minimum atomic E-state index is -0.353. The predicted molar refractivity (Wildman–Crippen MR) is 68.1 cm³/mol. The van der Waals surface area contributed by atoms with Gasteiger partial charge in [0, 0.05) is 30.6 Å². The van der Waals surface area contributed by atoms with Crippen LogP contribution in [0.1, 0.15) is 19.3 Å². The smallest absolute Gasteiger partial charge is 0.293 e. The number of aromatic nitrogens is 1. The Hall–Kier alpha value is -2.35. The van der Waals surface area contributed by atoms with Gasteiger partial charge in [0.2, 0.25) is 0 Å². The van der Waals surface area contributed by atoms with Crippen molar-refractivity contribution >= 4 is 16.6 Å². The monoisotopic (exact) mass is 243 g/mol. The van der Waals surface area contributed by atoms with E-state index in [0.29, 0.717) is 18.5 Å². The molecule has 0 bridgehead atoms. The standard InChI is InChI=1S/C13H13N3O2/c14-8-2-1-3-9-15-10-7-11-5-4-6-12(13(11)15)16(17)18/h4-7,10H,1-3,9H2. The summed E-state index contributed by atoms with van der Waals surface area (Å²) in [4.78, 5) is 10.6. The third-order valence-electron chi connectivity index (χ3n) is 2.90. The second kappa shape index (κ2) is 5.32. The fraction of sp³-hybridized carbons (Fsp3) is 0.308. The van der Waals surface area contributed by atoms with E-state index in [1.54, 1.807) is 6.07 Å². The van der Waals surface area contributed by atoms with Gasteiger partial charge in [-0.05, 0) is 18.9 Å². The number of fused-ring (bicyclic) bond motifs is 1. The lowest BCUT2D eigenvalue weighted by molar-refractivity contribution is -0.383. The molecule has 0 N–H and O–H groups in total. The average Bonchev–Trinajstić information content (AvgIpc) is 2.77. The minimum Gasteiger partial charge on any atom is -0.342 e. The molecular weight excluding hydrogens is 230 g/mol. The van der Waals surface area contributed by atoms with Gasteiger partial charge in [0.25, 0.3) is 5.69 Å². The third-order valence-corrected chi connectivity index (χ3v) is 2.90. The lowest BCUT2D eigenvalue weighted by atomic mass is 10.2. The normalized spacial score (nSPS) is 10.4. The fourth-order valence-corrected chi connectivity index (χ4v) is 2.06. The highest BCUT2D eigenvalue weighted by Gasteiger charge is 2.14. The zero-order valence-electron chi connectivity index (χ0n) is 9.87. The van der Waals surface area contributed by atoms with Crippen LogP contribution in [0.15, 0.2) is 30.5 Å². The number of aryl methyl sites for hydroxylation is 1. The van der Waals surface area contributed by atoms with Gasteiger partial charge in [-0.2, -0.15) is 5.26 Å². The molecule has 0 aliphatic carbocycles. The van der Waals surface area contributed by atoms with Gasteiger partial charge in [0.05, 0.1) is 11.0 Å². The summed E-state index contributed by atoms with van der Waals surface area (Å²) in [6, 6.07) is 9.06. The van der Waals surface area contributed by atoms with Crippen molar-refractivity contribution in [3.8, 4) is 6.07 Å². The Morgan fingerprint density at radius 3 is 2.89 bits per heavy atom. The number of unbranched alkanes of at least 4 members (excludes halogenated alkanes) is 2. The van der Waals surface area contributed by atoms with Crippen LogP contribution in [0.25, 0.3) is 10.9 Å². The molecule has 0 atom stereocenters. The van der Waals surface area contributed by atoms with Gasteiger partial charge in [-0.15, -0.1) is 0 Å². The van der Waals surface area contributed by atoms with Crippen LogP contribution in [0.3, 0.4) is 0 Å². The molecule has 0 radical (unpaired) electrons. The molecule has 0 saturated heterocycles. The summed E-state index contributed by atoms with van der Waals surface area (Å²) < 4.78 is 1.89. The molecule has 0 fully saturated rings. The summed E-state index contributed by atoms with van der Waals surface area (Å²) in [5, 5.41) is 20.3. The molecule has 18 heavy (non-hydrogen) atoms. The van der Waals surface area contributed by atoms with Crippen molar-refractivity contribution in [1.29, 1.82) is 5.26 Å². The van der Waals surface area contributed by atoms with Gasteiger partial charge in [0.1, 0.15) is 5.52 Å². The number of nitrogens with zero attached hydrogens (tertiary/aromatic N) is 3. The Morgan fingerprint density at radius 2 is 2.17 bits per heavy atom. The van der Waals surface area contributed by atoms with Crippen LogP contribution in [0.4, 0.5) is 5.69 Å². The molecule has 5 nitrogen and oxygen atoms in total. The number of nitro benzene ring substituents is 1. The first-order valence-corrected chi connectivity index (χ1v) is 5.83. The molecule has 0 aliphatic heterocycles. The molecule has 2 aromatic rings. The number of hydrogen-bond acceptors (Lipinski definition) is 3. The Bertz CT molecular complexity index is 610. The molecule has 5 heteroatoms. The number of non-ortho nitro benzene ring substituents is 1. The molecule has 0 unspecified atom stereocenters. The van der Waals surface area contributed by atoms with Crippen molar-refractivity contribution in [3.05, 3.63) is 40.6 Å². The Balaban J connectivity index is 2.28. The molecular formula is C13H13N3O2. The summed E-state index contributed by atoms with van der Waals surface area (Å²) >= 11 is 0. The largest absolute Gasteiger partial charge is 0.342 e. The van der Waals surface area contributed by atoms with Crippen molar-refractivity contribution in [2.24, 2.45) is 0 Å². The molecule has 0 spiro atoms. The number of nitriles is 1. The summed E-state index contributed by atoms with van der Waals surface area (Å²) in [6.45, 7) is 0.704. The first-order chi connectivity index (χ1) is 8.74. The van der Waals surface area contributed by atoms with Crippen molar-refractivity contribution in [1.82, 2.24) is 4.57 Å². The Kier molecular flexibility index (Phi) is 3.58. The van der Waals surface area contributed by atoms with E-state index in [1.165, 1.54) is 6.07 Å². The number of benzene rings is 1. The van der Waals surface area contributed by atoms with Gasteiger partial charge in [0.15, 0.2) is 0 Å². The van der Waals surface area contributed by atoms with Gasteiger partial charge >= 0.3 is 0 Å². The van der Waals surface area contributed by atoms with E-state index < -0.39 is 0 Å². The zero-order chi connectivity index (χ0) is 13.0. The van der Waals surface area contributed by atoms with Crippen molar-refractivity contribution < 1.29 is 4.92 Å². The molecule has 1 aromatic heterocycles. The summed E-state index contributed by atoms with van der Waals surface area (Å²) in [5.41, 5.74) is 0.803. The molecule has 92 valence electrons. The number of para-hydroxylation sites is 1. The second-order valence-corrected chi connectivity index (χ2v) is 4.10. The Labute approximate surface area is 104 Å². The molecule has 1 heterocycles. The maximum Gasteiger partial charge on any atom is 0.293 e. The van der Waals surface area contributed by atoms with Gasteiger partial charge in [-0.1, -0.05) is 12.1 Å². The molecule has 0 aliphatic rings. The van der Waals surface area contributed by atoms with Crippen LogP contribution >= 0.6 is 0 Å². The first kappa shape index (κ1) is 12.1. The highest BCUT2D eigenvalue weighted by molar-refractivity contribution is 5.88. The number of hydrogen-bond donors (Lipinski definition) is 0. The first-order valence-electron chi connectivity index (χ1n) is 5.83. The van der Waals surface area contributed by atoms with Crippen LogP contribution in [-0.4, -0.2) is 9.49 Å². The average molecular weight is 243 g/mol. The summed E-state index contributed by atoms with van der Waals surface area (Å²) in [6.07, 6.45) is 4.06. The highest BCUT2D eigenvalue weighted by atomic mass is 16.6. The molecule has 2 rings (SSSR count). The fourth-order valence-electron chi connectivity index (χ4n) is 2.06. The number of nitro groups is 1. The highest BCUT2D eigenvalue weighted by Crippen LogP contribution is 2.26. The van der Waals surface area contributed by atoms with E-state index in [4.69, 9.17) is 5.26 Å². The topological polar surface area (TPSA) is 71.9 Å². The van der Waals surface area contributed by atoms with Gasteiger partial charge in [-0.25, -0.2) is 0 Å². The van der Waals surface area contributed by atoms with Gasteiger partial charge < -0.3 is 4.57 Å². The van der Waals surface area contributed by atoms with E-state index in [2.05, 4.69) is 6.07 Å². The molecule has 0 amide bonds. The van der Waals surface area contributed by atoms with E-state index in [0.717, 1.165) is 18.2 Å². The maximum absolute atomic E-state index is 11.0. The lowest BCUT2D eigenvalue weighted by Crippen LogP contribution is -1.99. The lowest BCUT2D eigenvalue weighted by Gasteiger charge is -2.04. The summed E-state index contributed by atoms with van der Waals surface area (Å²) in [7, 11) is 0. The van der Waals surface area contributed by atoms with Crippen LogP contribution < -0.4 is 0 Å². The maximum atomic E-state index is 11.0. The quantitative estimate of drug-likeness (QED) is 0.459. The van der Waals surface area contributed by atoms with Gasteiger partial charge in [-0.3, -0.25) is 10.1 Å². The van der Waals surface area contributed by atoms with Crippen LogP contribution in [0, 0.1) is 21.4 Å². The third kappa shape index (κ3) is 2.33. The van der Waals surface area contributed by atoms with Crippen LogP contribution in [0.2, 0.25) is 0 Å². The summed E-state index contributed by atoms with van der Waals surface area (Å²) in [5.74, 6) is 0. The SMILES string of the molecule is N#CCCCCn1ccc2cccc([N+](=O)[O-])c21. The van der Waals surface area contributed by atoms with E-state index in [-0.39, 0.29) is 10.6 Å². The Morgan fingerprint density at radius 1 is 1.33 bits per heavy atom. The van der Waals surface area contributed by atoms with Crippen molar-refractivity contribution in [3.63, 3.8) is 0 Å².